The van der Waals surface area contributed by atoms with E-state index >= 15 is 0 Å². The third kappa shape index (κ3) is 7.33. The molecule has 0 bridgehead atoms. The van der Waals surface area contributed by atoms with Gasteiger partial charge in [0, 0.05) is 24.2 Å². The predicted octanol–water partition coefficient (Wildman–Crippen LogP) is 2.96. The van der Waals surface area contributed by atoms with Crippen LogP contribution in [-0.2, 0) is 16.1 Å². The Morgan fingerprint density at radius 2 is 1.48 bits per heavy atom. The highest BCUT2D eigenvalue weighted by Gasteiger charge is 2.43. The fraction of sp³-hybridized carbons (Fsp3) is 0.636. The van der Waals surface area contributed by atoms with E-state index in [-0.39, 0.29) is 12.9 Å². The summed E-state index contributed by atoms with van der Waals surface area (Å²) in [5, 5.41) is 13.8. The van der Waals surface area contributed by atoms with Crippen molar-refractivity contribution < 1.29 is 24.5 Å². The van der Waals surface area contributed by atoms with E-state index in [2.05, 4.69) is 56.1 Å². The summed E-state index contributed by atoms with van der Waals surface area (Å²) in [7, 11) is 8.53. The van der Waals surface area contributed by atoms with Crippen LogP contribution in [0.25, 0.3) is 0 Å². The number of fused-ring (bicyclic) bond motifs is 1. The summed E-state index contributed by atoms with van der Waals surface area (Å²) in [6, 6.07) is 8.11. The molecule has 29 heavy (non-hydrogen) atoms. The van der Waals surface area contributed by atoms with Gasteiger partial charge in [-0.3, -0.25) is 14.5 Å². The molecule has 0 aliphatic heterocycles. The average molecular weight is 409 g/mol. The molecule has 0 heterocycles. The number of aryl methyl sites for hydroxylation is 1. The molecule has 2 saturated carbocycles. The first kappa shape index (κ1) is 24.9. The van der Waals surface area contributed by atoms with Crippen LogP contribution in [0.3, 0.4) is 0 Å². The van der Waals surface area contributed by atoms with Crippen molar-refractivity contribution in [2.45, 2.75) is 51.2 Å². The molecule has 1 aromatic rings. The highest BCUT2D eigenvalue weighted by molar-refractivity contribution is 5.37. The number of carboxylic acid groups (broad SMARTS) is 2. The standard InChI is InChI=1S/C20H32N2O.2CH2O2/c1-14-6-7-15(20(8-14)23-5)13-22(4)19-11-16-9-18(21(2)3)10-17(16)12-19;2*2-1-3/h6-8,16-19H,9-13H2,1-5H3;2*1H,(H,2,3)/t16-,17+,18?,19?;;. The van der Waals surface area contributed by atoms with Crippen molar-refractivity contribution in [3.8, 4) is 5.75 Å². The molecule has 0 aromatic heterocycles. The monoisotopic (exact) mass is 408 g/mol. The van der Waals surface area contributed by atoms with Crippen LogP contribution in [0.4, 0.5) is 0 Å². The smallest absolute Gasteiger partial charge is 0.290 e. The van der Waals surface area contributed by atoms with E-state index in [1.807, 2.05) is 0 Å². The summed E-state index contributed by atoms with van der Waals surface area (Å²) in [6.45, 7) is 2.61. The Labute approximate surface area is 174 Å². The zero-order valence-corrected chi connectivity index (χ0v) is 18.2. The summed E-state index contributed by atoms with van der Waals surface area (Å²) in [4.78, 5) is 21.7. The van der Waals surface area contributed by atoms with E-state index in [0.29, 0.717) is 0 Å². The number of nitrogens with zero attached hydrogens (tertiary/aromatic N) is 2. The van der Waals surface area contributed by atoms with Crippen molar-refractivity contribution in [3.63, 3.8) is 0 Å². The number of rotatable bonds is 5. The lowest BCUT2D eigenvalue weighted by Gasteiger charge is -2.27. The maximum atomic E-state index is 8.36. The molecule has 7 heteroatoms. The van der Waals surface area contributed by atoms with Gasteiger partial charge < -0.3 is 19.8 Å². The van der Waals surface area contributed by atoms with E-state index in [1.54, 1.807) is 7.11 Å². The van der Waals surface area contributed by atoms with Gasteiger partial charge in [0.1, 0.15) is 5.75 Å². The van der Waals surface area contributed by atoms with Gasteiger partial charge in [-0.1, -0.05) is 12.1 Å². The van der Waals surface area contributed by atoms with Crippen molar-refractivity contribution in [3.05, 3.63) is 29.3 Å². The van der Waals surface area contributed by atoms with Gasteiger partial charge in [0.25, 0.3) is 12.9 Å². The lowest BCUT2D eigenvalue weighted by Crippen LogP contribution is -2.31. The fourth-order valence-corrected chi connectivity index (χ4v) is 4.71. The molecular weight excluding hydrogens is 372 g/mol. The van der Waals surface area contributed by atoms with Crippen LogP contribution < -0.4 is 4.74 Å². The molecular formula is C22H36N2O5. The minimum atomic E-state index is -0.250. The minimum absolute atomic E-state index is 0.250. The average Bonchev–Trinajstić information content (AvgIpc) is 3.24. The number of ether oxygens (including phenoxy) is 1. The van der Waals surface area contributed by atoms with Crippen LogP contribution in [0.1, 0.15) is 36.8 Å². The molecule has 0 amide bonds. The molecule has 2 unspecified atom stereocenters. The van der Waals surface area contributed by atoms with Crippen LogP contribution in [0.2, 0.25) is 0 Å². The molecule has 0 spiro atoms. The zero-order chi connectivity index (χ0) is 22.0. The number of benzene rings is 1. The third-order valence-electron chi connectivity index (χ3n) is 6.18. The first-order valence-electron chi connectivity index (χ1n) is 9.97. The molecule has 2 aliphatic carbocycles. The lowest BCUT2D eigenvalue weighted by molar-refractivity contribution is -0.123. The van der Waals surface area contributed by atoms with Gasteiger partial charge in [-0.2, -0.15) is 0 Å². The van der Waals surface area contributed by atoms with Gasteiger partial charge in [0.15, 0.2) is 0 Å². The predicted molar refractivity (Wildman–Crippen MR) is 113 cm³/mol. The summed E-state index contributed by atoms with van der Waals surface area (Å²) < 4.78 is 5.57. The molecule has 1 aromatic carbocycles. The van der Waals surface area contributed by atoms with Crippen molar-refractivity contribution >= 4 is 12.9 Å². The minimum Gasteiger partial charge on any atom is -0.496 e. The van der Waals surface area contributed by atoms with Gasteiger partial charge in [0.2, 0.25) is 0 Å². The molecule has 164 valence electrons. The van der Waals surface area contributed by atoms with Crippen LogP contribution in [-0.4, -0.2) is 73.3 Å². The summed E-state index contributed by atoms with van der Waals surface area (Å²) >= 11 is 0. The lowest BCUT2D eigenvalue weighted by atomic mass is 10.0. The highest BCUT2D eigenvalue weighted by Crippen LogP contribution is 2.46. The maximum absolute atomic E-state index is 8.36. The largest absolute Gasteiger partial charge is 0.496 e. The van der Waals surface area contributed by atoms with Crippen LogP contribution >= 0.6 is 0 Å². The molecule has 2 fully saturated rings. The normalized spacial score (nSPS) is 24.8. The molecule has 3 rings (SSSR count). The molecule has 7 nitrogen and oxygen atoms in total. The second kappa shape index (κ2) is 12.4. The van der Waals surface area contributed by atoms with Crippen molar-refractivity contribution in [1.82, 2.24) is 9.80 Å². The second-order valence-electron chi connectivity index (χ2n) is 8.18. The second-order valence-corrected chi connectivity index (χ2v) is 8.18. The number of hydrogen-bond acceptors (Lipinski definition) is 5. The summed E-state index contributed by atoms with van der Waals surface area (Å²) in [5.74, 6) is 2.91. The Balaban J connectivity index is 0.000000626. The molecule has 0 saturated heterocycles. The Hall–Kier alpha value is -2.12. The molecule has 4 atom stereocenters. The van der Waals surface area contributed by atoms with Gasteiger partial charge in [-0.15, -0.1) is 0 Å². The Bertz CT molecular complexity index is 618. The summed E-state index contributed by atoms with van der Waals surface area (Å²) in [5.41, 5.74) is 2.57. The highest BCUT2D eigenvalue weighted by atomic mass is 16.5. The third-order valence-corrected chi connectivity index (χ3v) is 6.18. The quantitative estimate of drug-likeness (QED) is 0.724. The number of methoxy groups -OCH3 is 1. The van der Waals surface area contributed by atoms with E-state index < -0.39 is 0 Å². The Kier molecular flexibility index (Phi) is 10.7. The Morgan fingerprint density at radius 3 is 1.93 bits per heavy atom. The molecule has 0 radical (unpaired) electrons. The Morgan fingerprint density at radius 1 is 1.00 bits per heavy atom. The van der Waals surface area contributed by atoms with E-state index in [0.717, 1.165) is 36.2 Å². The van der Waals surface area contributed by atoms with Gasteiger partial charge >= 0.3 is 0 Å². The van der Waals surface area contributed by atoms with E-state index in [1.165, 1.54) is 36.8 Å². The van der Waals surface area contributed by atoms with Crippen LogP contribution in [0, 0.1) is 18.8 Å². The van der Waals surface area contributed by atoms with Crippen molar-refractivity contribution in [2.75, 3.05) is 28.3 Å². The zero-order valence-electron chi connectivity index (χ0n) is 18.2. The SMILES string of the molecule is COc1cc(C)ccc1CN(C)C1C[C@H]2CC(N(C)C)C[C@H]2C1.O=CO.O=CO. The van der Waals surface area contributed by atoms with Gasteiger partial charge in [-0.05, 0) is 77.2 Å². The topological polar surface area (TPSA) is 90.3 Å². The van der Waals surface area contributed by atoms with Gasteiger partial charge in [0.05, 0.1) is 7.11 Å². The summed E-state index contributed by atoms with van der Waals surface area (Å²) in [6.07, 6.45) is 5.55. The molecule has 2 N–H and O–H groups in total. The van der Waals surface area contributed by atoms with E-state index in [9.17, 15) is 0 Å². The van der Waals surface area contributed by atoms with Crippen LogP contribution in [0.15, 0.2) is 18.2 Å². The maximum Gasteiger partial charge on any atom is 0.290 e. The van der Waals surface area contributed by atoms with Crippen molar-refractivity contribution in [2.24, 2.45) is 11.8 Å². The van der Waals surface area contributed by atoms with Crippen LogP contribution in [0.5, 0.6) is 5.75 Å². The molecule has 2 aliphatic rings. The van der Waals surface area contributed by atoms with Gasteiger partial charge in [-0.25, -0.2) is 0 Å². The first-order chi connectivity index (χ1) is 13.8. The fourth-order valence-electron chi connectivity index (χ4n) is 4.71. The number of carbonyl (C=O) groups is 2. The van der Waals surface area contributed by atoms with Crippen molar-refractivity contribution in [1.29, 1.82) is 0 Å². The number of hydrogen-bond donors (Lipinski definition) is 2. The van der Waals surface area contributed by atoms with E-state index in [4.69, 9.17) is 24.5 Å². The first-order valence-corrected chi connectivity index (χ1v) is 9.97.